The Morgan fingerprint density at radius 1 is 0.889 bits per heavy atom. The van der Waals surface area contributed by atoms with Crippen LogP contribution in [0.2, 0.25) is 0 Å². The van der Waals surface area contributed by atoms with E-state index in [1.54, 1.807) is 25.7 Å². The summed E-state index contributed by atoms with van der Waals surface area (Å²) >= 11 is 0. The predicted molar refractivity (Wildman–Crippen MR) is 124 cm³/mol. The zero-order valence-electron chi connectivity index (χ0n) is 19.1. The van der Waals surface area contributed by atoms with Crippen LogP contribution in [0.5, 0.6) is 0 Å². The minimum atomic E-state index is 0.907. The lowest BCUT2D eigenvalue weighted by Gasteiger charge is -2.38. The molecule has 0 amide bonds. The quantitative estimate of drug-likeness (QED) is 0.457. The number of hydrogen-bond donors (Lipinski definition) is 0. The Kier molecular flexibility index (Phi) is 10.1. The van der Waals surface area contributed by atoms with E-state index < -0.39 is 0 Å². The highest BCUT2D eigenvalue weighted by molar-refractivity contribution is 5.64. The number of aryl methyl sites for hydroxylation is 2. The second-order valence-electron chi connectivity index (χ2n) is 8.78. The third-order valence-electron chi connectivity index (χ3n) is 6.19. The first-order valence-corrected chi connectivity index (χ1v) is 11.2. The van der Waals surface area contributed by atoms with Crippen LogP contribution in [-0.4, -0.2) is 0 Å². The molecule has 152 valence electrons. The van der Waals surface area contributed by atoms with Gasteiger partial charge in [0.2, 0.25) is 0 Å². The van der Waals surface area contributed by atoms with Crippen molar-refractivity contribution in [3.63, 3.8) is 0 Å². The second-order valence-corrected chi connectivity index (χ2v) is 8.78. The van der Waals surface area contributed by atoms with E-state index in [1.165, 1.54) is 54.4 Å². The Morgan fingerprint density at radius 3 is 1.67 bits per heavy atom. The highest BCUT2D eigenvalue weighted by Crippen LogP contribution is 2.52. The fourth-order valence-corrected chi connectivity index (χ4v) is 4.17. The number of allylic oxidation sites excluding steroid dienone is 2. The normalized spacial score (nSPS) is 18.6. The summed E-state index contributed by atoms with van der Waals surface area (Å²) in [4.78, 5) is 0. The summed E-state index contributed by atoms with van der Waals surface area (Å²) in [5.74, 6) is 0.907. The SMILES string of the molecule is C1CCC2(C1)CCC2.C=C(C)C1CC1.C=C(C)c1ccc(C)cc1C.CC. The van der Waals surface area contributed by atoms with Gasteiger partial charge in [0, 0.05) is 0 Å². The maximum Gasteiger partial charge on any atom is -0.0204 e. The molecule has 0 heteroatoms. The fraction of sp³-hybridized carbons (Fsp3) is 0.630. The van der Waals surface area contributed by atoms with Crippen LogP contribution < -0.4 is 0 Å². The zero-order valence-corrected chi connectivity index (χ0v) is 19.1. The van der Waals surface area contributed by atoms with Gasteiger partial charge >= 0.3 is 0 Å². The molecule has 0 N–H and O–H groups in total. The number of hydrogen-bond acceptors (Lipinski definition) is 0. The van der Waals surface area contributed by atoms with E-state index in [0.717, 1.165) is 16.9 Å². The van der Waals surface area contributed by atoms with Gasteiger partial charge in [-0.2, -0.15) is 0 Å². The Hall–Kier alpha value is -1.30. The molecule has 0 bridgehead atoms. The Labute approximate surface area is 170 Å². The summed E-state index contributed by atoms with van der Waals surface area (Å²) in [6.45, 7) is 20.1. The molecule has 1 aromatic carbocycles. The Bertz CT molecular complexity index is 588. The van der Waals surface area contributed by atoms with E-state index in [2.05, 4.69) is 52.1 Å². The molecular formula is C27H44. The Morgan fingerprint density at radius 2 is 1.41 bits per heavy atom. The molecule has 1 spiro atoms. The van der Waals surface area contributed by atoms with E-state index in [1.807, 2.05) is 20.8 Å². The highest BCUT2D eigenvalue weighted by Gasteiger charge is 2.38. The first kappa shape index (κ1) is 23.7. The van der Waals surface area contributed by atoms with E-state index in [9.17, 15) is 0 Å². The minimum absolute atomic E-state index is 0.907. The van der Waals surface area contributed by atoms with E-state index >= 15 is 0 Å². The molecule has 0 heterocycles. The van der Waals surface area contributed by atoms with E-state index in [0.29, 0.717) is 0 Å². The van der Waals surface area contributed by atoms with Crippen molar-refractivity contribution in [3.8, 4) is 0 Å². The summed E-state index contributed by atoms with van der Waals surface area (Å²) in [5.41, 5.74) is 7.33. The molecule has 27 heavy (non-hydrogen) atoms. The van der Waals surface area contributed by atoms with Crippen LogP contribution >= 0.6 is 0 Å². The molecule has 0 aliphatic heterocycles. The van der Waals surface area contributed by atoms with Gasteiger partial charge in [-0.1, -0.05) is 81.2 Å². The first-order chi connectivity index (χ1) is 12.8. The minimum Gasteiger partial charge on any atom is -0.0999 e. The fourth-order valence-electron chi connectivity index (χ4n) is 4.17. The van der Waals surface area contributed by atoms with Gasteiger partial charge in [-0.3, -0.25) is 0 Å². The van der Waals surface area contributed by atoms with Gasteiger partial charge in [0.25, 0.3) is 0 Å². The van der Waals surface area contributed by atoms with Crippen molar-refractivity contribution in [1.29, 1.82) is 0 Å². The van der Waals surface area contributed by atoms with Crippen molar-refractivity contribution in [2.24, 2.45) is 11.3 Å². The van der Waals surface area contributed by atoms with E-state index in [-0.39, 0.29) is 0 Å². The molecule has 3 aliphatic rings. The summed E-state index contributed by atoms with van der Waals surface area (Å²) < 4.78 is 0. The van der Waals surface area contributed by atoms with Gasteiger partial charge in [0.05, 0.1) is 0 Å². The van der Waals surface area contributed by atoms with Crippen LogP contribution in [0.4, 0.5) is 0 Å². The highest BCUT2D eigenvalue weighted by atomic mass is 14.4. The first-order valence-electron chi connectivity index (χ1n) is 11.2. The summed E-state index contributed by atoms with van der Waals surface area (Å²) in [6, 6.07) is 6.44. The topological polar surface area (TPSA) is 0 Å². The summed E-state index contributed by atoms with van der Waals surface area (Å²) in [5, 5.41) is 0. The predicted octanol–water partition coefficient (Wildman–Crippen LogP) is 9.07. The van der Waals surface area contributed by atoms with Gasteiger partial charge in [0.1, 0.15) is 0 Å². The lowest BCUT2D eigenvalue weighted by atomic mass is 9.68. The molecule has 4 rings (SSSR count). The molecule has 0 unspecified atom stereocenters. The van der Waals surface area contributed by atoms with Crippen LogP contribution in [0, 0.1) is 25.2 Å². The van der Waals surface area contributed by atoms with Crippen molar-refractivity contribution in [3.05, 3.63) is 53.6 Å². The van der Waals surface area contributed by atoms with Crippen LogP contribution in [0.1, 0.15) is 102 Å². The van der Waals surface area contributed by atoms with Crippen molar-refractivity contribution in [2.75, 3.05) is 0 Å². The third kappa shape index (κ3) is 8.08. The van der Waals surface area contributed by atoms with Crippen molar-refractivity contribution >= 4 is 5.57 Å². The maximum atomic E-state index is 3.92. The zero-order chi connectivity index (χ0) is 20.4. The van der Waals surface area contributed by atoms with Gasteiger partial charge in [-0.05, 0) is 88.7 Å². The molecule has 0 atom stereocenters. The van der Waals surface area contributed by atoms with Crippen molar-refractivity contribution < 1.29 is 0 Å². The van der Waals surface area contributed by atoms with Crippen LogP contribution in [0.25, 0.3) is 5.57 Å². The van der Waals surface area contributed by atoms with Gasteiger partial charge in [-0.15, -0.1) is 0 Å². The van der Waals surface area contributed by atoms with Crippen molar-refractivity contribution in [1.82, 2.24) is 0 Å². The van der Waals surface area contributed by atoms with Gasteiger partial charge in [-0.25, -0.2) is 0 Å². The standard InChI is InChI=1S/C11H14.C8H14.C6H10.C2H6/c1-8(2)11-6-5-9(3)7-10(11)4;1-2-5-8(4-1)6-3-7-8;1-5(2)6-3-4-6;1-2/h5-7H,1H2,2-4H3;1-7H2;6H,1,3-4H2,2H3;1-2H3. The molecule has 0 aromatic heterocycles. The maximum absolute atomic E-state index is 3.92. The van der Waals surface area contributed by atoms with E-state index in [4.69, 9.17) is 0 Å². The van der Waals surface area contributed by atoms with Crippen molar-refractivity contribution in [2.45, 2.75) is 99.3 Å². The monoisotopic (exact) mass is 368 g/mol. The molecule has 0 nitrogen and oxygen atoms in total. The number of rotatable bonds is 2. The summed E-state index contributed by atoms with van der Waals surface area (Å²) in [7, 11) is 0. The average Bonchev–Trinajstić information content (AvgIpc) is 3.33. The Balaban J connectivity index is 0.000000201. The second kappa shape index (κ2) is 11.5. The lowest BCUT2D eigenvalue weighted by molar-refractivity contribution is 0.144. The number of benzene rings is 1. The molecular weight excluding hydrogens is 324 g/mol. The third-order valence-corrected chi connectivity index (χ3v) is 6.19. The molecule has 3 aliphatic carbocycles. The molecule has 0 radical (unpaired) electrons. The summed E-state index contributed by atoms with van der Waals surface area (Å²) in [6.07, 6.45) is 13.6. The van der Waals surface area contributed by atoms with Gasteiger partial charge in [0.15, 0.2) is 0 Å². The molecule has 3 fully saturated rings. The van der Waals surface area contributed by atoms with Crippen LogP contribution in [0.3, 0.4) is 0 Å². The molecule has 0 saturated heterocycles. The van der Waals surface area contributed by atoms with Crippen LogP contribution in [0.15, 0.2) is 36.9 Å². The van der Waals surface area contributed by atoms with Gasteiger partial charge < -0.3 is 0 Å². The largest absolute Gasteiger partial charge is 0.0999 e. The molecule has 1 aromatic rings. The smallest absolute Gasteiger partial charge is 0.0204 e. The molecule has 3 saturated carbocycles. The average molecular weight is 369 g/mol. The van der Waals surface area contributed by atoms with Crippen LogP contribution in [-0.2, 0) is 0 Å². The lowest BCUT2D eigenvalue weighted by Crippen LogP contribution is -2.24.